The molecular formula is C21H23BrN2O3. The van der Waals surface area contributed by atoms with E-state index in [0.717, 1.165) is 39.3 Å². The van der Waals surface area contributed by atoms with Gasteiger partial charge < -0.3 is 19.9 Å². The molecular weight excluding hydrogens is 408 g/mol. The topological polar surface area (TPSA) is 66.1 Å². The van der Waals surface area contributed by atoms with Gasteiger partial charge in [0.1, 0.15) is 18.1 Å². The van der Waals surface area contributed by atoms with Gasteiger partial charge in [0.05, 0.1) is 13.7 Å². The fraction of sp³-hybridized carbons (Fsp3) is 0.381. The molecule has 0 radical (unpaired) electrons. The first-order valence-corrected chi connectivity index (χ1v) is 9.86. The Kier molecular flexibility index (Phi) is 4.76. The van der Waals surface area contributed by atoms with Gasteiger partial charge in [0.15, 0.2) is 5.54 Å². The Morgan fingerprint density at radius 1 is 1.22 bits per heavy atom. The van der Waals surface area contributed by atoms with E-state index in [-0.39, 0.29) is 6.02 Å². The Bertz CT molecular complexity index is 895. The summed E-state index contributed by atoms with van der Waals surface area (Å²) in [5, 5.41) is 0. The average molecular weight is 431 g/mol. The van der Waals surface area contributed by atoms with Gasteiger partial charge in [-0.15, -0.1) is 0 Å². The Morgan fingerprint density at radius 2 is 2.04 bits per heavy atom. The summed E-state index contributed by atoms with van der Waals surface area (Å²) < 4.78 is 18.0. The van der Waals surface area contributed by atoms with Crippen LogP contribution in [0.3, 0.4) is 0 Å². The predicted molar refractivity (Wildman–Crippen MR) is 108 cm³/mol. The molecule has 0 unspecified atom stereocenters. The van der Waals surface area contributed by atoms with Gasteiger partial charge in [-0.2, -0.15) is 0 Å². The first-order chi connectivity index (χ1) is 13.0. The van der Waals surface area contributed by atoms with Crippen LogP contribution in [-0.4, -0.2) is 26.3 Å². The van der Waals surface area contributed by atoms with E-state index < -0.39 is 5.54 Å². The normalized spacial score (nSPS) is 21.5. The number of rotatable bonds is 6. The van der Waals surface area contributed by atoms with Crippen LogP contribution in [0.15, 0.2) is 45.9 Å². The minimum absolute atomic E-state index is 0.198. The summed E-state index contributed by atoms with van der Waals surface area (Å²) in [5.41, 5.74) is 8.24. The molecule has 2 N–H and O–H groups in total. The van der Waals surface area contributed by atoms with Crippen molar-refractivity contribution in [2.24, 2.45) is 16.6 Å². The first-order valence-electron chi connectivity index (χ1n) is 9.07. The van der Waals surface area contributed by atoms with Crippen molar-refractivity contribution in [1.82, 2.24) is 0 Å². The minimum Gasteiger partial charge on any atom is -0.496 e. The van der Waals surface area contributed by atoms with Gasteiger partial charge >= 0.3 is 0 Å². The van der Waals surface area contributed by atoms with Crippen LogP contribution >= 0.6 is 15.9 Å². The Hall–Kier alpha value is -2.21. The standard InChI is InChI=1S/C21H23BrN2O3/c1-13-7-15(5-6-19(13)25-2)21(12-27-20(23)24-21)16-8-17(22)10-18(9-16)26-11-14-3-4-14/h5-10,14H,3-4,11-12H2,1-2H3,(H2,23,24)/t21-/m0/s1. The van der Waals surface area contributed by atoms with Crippen molar-refractivity contribution in [2.75, 3.05) is 20.3 Å². The zero-order valence-corrected chi connectivity index (χ0v) is 17.1. The lowest BCUT2D eigenvalue weighted by atomic mass is 9.83. The van der Waals surface area contributed by atoms with Crippen LogP contribution in [0.1, 0.15) is 29.5 Å². The lowest BCUT2D eigenvalue weighted by Gasteiger charge is -2.27. The van der Waals surface area contributed by atoms with E-state index in [4.69, 9.17) is 24.9 Å². The Labute approximate surface area is 167 Å². The molecule has 27 heavy (non-hydrogen) atoms. The van der Waals surface area contributed by atoms with E-state index in [1.165, 1.54) is 12.8 Å². The molecule has 2 aromatic carbocycles. The molecule has 0 amide bonds. The van der Waals surface area contributed by atoms with E-state index in [1.807, 2.05) is 31.2 Å². The quantitative estimate of drug-likeness (QED) is 0.747. The van der Waals surface area contributed by atoms with Crippen LogP contribution in [0, 0.1) is 12.8 Å². The van der Waals surface area contributed by atoms with Crippen LogP contribution in [0.4, 0.5) is 0 Å². The number of nitrogens with zero attached hydrogens (tertiary/aromatic N) is 1. The van der Waals surface area contributed by atoms with Gasteiger partial charge in [0.25, 0.3) is 6.02 Å². The Morgan fingerprint density at radius 3 is 2.67 bits per heavy atom. The summed E-state index contributed by atoms with van der Waals surface area (Å²) >= 11 is 3.61. The smallest absolute Gasteiger partial charge is 0.283 e. The van der Waals surface area contributed by atoms with Crippen LogP contribution in [0.2, 0.25) is 0 Å². The third-order valence-corrected chi connectivity index (χ3v) is 5.59. The van der Waals surface area contributed by atoms with Gasteiger partial charge in [0, 0.05) is 4.47 Å². The maximum absolute atomic E-state index is 6.01. The van der Waals surface area contributed by atoms with Crippen molar-refractivity contribution in [3.05, 3.63) is 57.6 Å². The highest BCUT2D eigenvalue weighted by molar-refractivity contribution is 9.10. The zero-order valence-electron chi connectivity index (χ0n) is 15.5. The van der Waals surface area contributed by atoms with Crippen molar-refractivity contribution >= 4 is 22.0 Å². The van der Waals surface area contributed by atoms with Crippen molar-refractivity contribution in [3.63, 3.8) is 0 Å². The number of hydrogen-bond donors (Lipinski definition) is 1. The summed E-state index contributed by atoms with van der Waals surface area (Å²) in [6.45, 7) is 3.12. The molecule has 1 aliphatic carbocycles. The van der Waals surface area contributed by atoms with Crippen LogP contribution in [0.5, 0.6) is 11.5 Å². The molecule has 2 aromatic rings. The third-order valence-electron chi connectivity index (χ3n) is 5.13. The molecule has 6 heteroatoms. The second kappa shape index (κ2) is 7.08. The molecule has 1 heterocycles. The number of amidine groups is 1. The highest BCUT2D eigenvalue weighted by Gasteiger charge is 2.41. The number of nitrogens with two attached hydrogens (primary N) is 1. The molecule has 0 bridgehead atoms. The van der Waals surface area contributed by atoms with E-state index >= 15 is 0 Å². The van der Waals surface area contributed by atoms with Gasteiger partial charge in [-0.05, 0) is 72.7 Å². The Balaban J connectivity index is 1.77. The van der Waals surface area contributed by atoms with Crippen molar-refractivity contribution in [2.45, 2.75) is 25.3 Å². The molecule has 5 nitrogen and oxygen atoms in total. The van der Waals surface area contributed by atoms with Gasteiger partial charge in [-0.25, -0.2) is 4.99 Å². The largest absolute Gasteiger partial charge is 0.496 e. The minimum atomic E-state index is -0.706. The maximum atomic E-state index is 6.01. The lowest BCUT2D eigenvalue weighted by Crippen LogP contribution is -2.27. The number of methoxy groups -OCH3 is 1. The van der Waals surface area contributed by atoms with Gasteiger partial charge in [0.2, 0.25) is 0 Å². The summed E-state index contributed by atoms with van der Waals surface area (Å²) in [7, 11) is 1.67. The maximum Gasteiger partial charge on any atom is 0.283 e. The molecule has 0 aromatic heterocycles. The number of aryl methyl sites for hydroxylation is 1. The monoisotopic (exact) mass is 430 g/mol. The molecule has 0 saturated heterocycles. The molecule has 1 saturated carbocycles. The summed E-state index contributed by atoms with van der Waals surface area (Å²) in [4.78, 5) is 4.70. The summed E-state index contributed by atoms with van der Waals surface area (Å²) in [6, 6.07) is 12.3. The van der Waals surface area contributed by atoms with Crippen molar-refractivity contribution in [1.29, 1.82) is 0 Å². The average Bonchev–Trinajstić information content (AvgIpc) is 3.40. The van der Waals surface area contributed by atoms with Crippen molar-refractivity contribution in [3.8, 4) is 11.5 Å². The van der Waals surface area contributed by atoms with Crippen molar-refractivity contribution < 1.29 is 14.2 Å². The molecule has 2 aliphatic rings. The summed E-state index contributed by atoms with van der Waals surface area (Å²) in [6.07, 6.45) is 2.51. The molecule has 1 atom stereocenters. The molecule has 1 fully saturated rings. The molecule has 4 rings (SSSR count). The van der Waals surface area contributed by atoms with Crippen LogP contribution in [-0.2, 0) is 10.3 Å². The predicted octanol–water partition coefficient (Wildman–Crippen LogP) is 4.14. The van der Waals surface area contributed by atoms with Crippen LogP contribution in [0.25, 0.3) is 0 Å². The lowest BCUT2D eigenvalue weighted by molar-refractivity contribution is 0.276. The number of halogens is 1. The molecule has 0 spiro atoms. The van der Waals surface area contributed by atoms with E-state index in [2.05, 4.69) is 28.1 Å². The van der Waals surface area contributed by atoms with Gasteiger partial charge in [-0.3, -0.25) is 0 Å². The van der Waals surface area contributed by atoms with E-state index in [1.54, 1.807) is 7.11 Å². The number of hydrogen-bond acceptors (Lipinski definition) is 5. The van der Waals surface area contributed by atoms with E-state index in [9.17, 15) is 0 Å². The van der Waals surface area contributed by atoms with E-state index in [0.29, 0.717) is 12.5 Å². The first kappa shape index (κ1) is 18.2. The van der Waals surface area contributed by atoms with Crippen LogP contribution < -0.4 is 15.2 Å². The second-order valence-corrected chi connectivity index (χ2v) is 8.13. The highest BCUT2D eigenvalue weighted by atomic mass is 79.9. The summed E-state index contributed by atoms with van der Waals surface area (Å²) in [5.74, 6) is 2.36. The zero-order chi connectivity index (χ0) is 19.0. The SMILES string of the molecule is COc1ccc([C@]2(c3cc(Br)cc(OCC4CC4)c3)COC(N)=N2)cc1C. The van der Waals surface area contributed by atoms with Gasteiger partial charge in [-0.1, -0.05) is 22.0 Å². The fourth-order valence-corrected chi connectivity index (χ4v) is 3.88. The molecule has 142 valence electrons. The fourth-order valence-electron chi connectivity index (χ4n) is 3.41. The number of benzene rings is 2. The third kappa shape index (κ3) is 3.63. The number of ether oxygens (including phenoxy) is 3. The highest BCUT2D eigenvalue weighted by Crippen LogP contribution is 2.41. The molecule has 1 aliphatic heterocycles. The number of aliphatic imine (C=N–C) groups is 1. The second-order valence-electron chi connectivity index (χ2n) is 7.21.